The first kappa shape index (κ1) is 20.3. The Morgan fingerprint density at radius 1 is 0.871 bits per heavy atom. The highest BCUT2D eigenvalue weighted by atomic mass is 32.1. The lowest BCUT2D eigenvalue weighted by molar-refractivity contribution is -0.118. The Bertz CT molecular complexity index is 1200. The van der Waals surface area contributed by atoms with Crippen LogP contribution in [0.15, 0.2) is 84.2 Å². The van der Waals surface area contributed by atoms with Crippen molar-refractivity contribution in [2.24, 2.45) is 0 Å². The summed E-state index contributed by atoms with van der Waals surface area (Å²) in [6, 6.07) is 24.4. The number of amides is 1. The maximum atomic E-state index is 12.2. The first-order valence-corrected chi connectivity index (χ1v) is 10.3. The van der Waals surface area contributed by atoms with Gasteiger partial charge in [-0.25, -0.2) is 9.78 Å². The molecule has 1 amide bonds. The van der Waals surface area contributed by atoms with Gasteiger partial charge in [0.05, 0.1) is 5.69 Å². The zero-order valence-corrected chi connectivity index (χ0v) is 17.1. The van der Waals surface area contributed by atoms with Crippen molar-refractivity contribution in [1.82, 2.24) is 4.98 Å². The number of aromatic carboxylic acids is 1. The second kappa shape index (κ2) is 9.23. The Labute approximate surface area is 182 Å². The summed E-state index contributed by atoms with van der Waals surface area (Å²) in [6.07, 6.45) is 0. The lowest BCUT2D eigenvalue weighted by atomic mass is 10.0. The van der Waals surface area contributed by atoms with Crippen LogP contribution < -0.4 is 10.1 Å². The second-order valence-corrected chi connectivity index (χ2v) is 7.48. The van der Waals surface area contributed by atoms with E-state index in [9.17, 15) is 14.7 Å². The average Bonchev–Trinajstić information content (AvgIpc) is 3.27. The number of para-hydroxylation sites is 1. The highest BCUT2D eigenvalue weighted by Crippen LogP contribution is 2.27. The van der Waals surface area contributed by atoms with Crippen molar-refractivity contribution in [3.63, 3.8) is 0 Å². The number of anilines is 1. The van der Waals surface area contributed by atoms with Crippen LogP contribution in [0, 0.1) is 0 Å². The highest BCUT2D eigenvalue weighted by Gasteiger charge is 2.13. The number of thiazole rings is 1. The number of nitrogens with one attached hydrogen (secondary N) is 1. The standard InChI is InChI=1S/C24H18N2O4S/c27-22(14-30-21-9-5-4-8-19(21)23(28)29)26-24-25-20(15-31-24)18-12-10-17(11-13-18)16-6-2-1-3-7-16/h1-13,15H,14H2,(H,28,29)(H,25,26,27). The van der Waals surface area contributed by atoms with Crippen LogP contribution in [0.5, 0.6) is 5.75 Å². The predicted octanol–water partition coefficient (Wildman–Crippen LogP) is 5.19. The number of ether oxygens (including phenoxy) is 1. The molecule has 154 valence electrons. The molecule has 0 saturated heterocycles. The summed E-state index contributed by atoms with van der Waals surface area (Å²) in [4.78, 5) is 27.9. The summed E-state index contributed by atoms with van der Waals surface area (Å²) in [7, 11) is 0. The first-order chi connectivity index (χ1) is 15.1. The van der Waals surface area contributed by atoms with Crippen LogP contribution in [0.3, 0.4) is 0 Å². The van der Waals surface area contributed by atoms with Gasteiger partial charge in [-0.3, -0.25) is 10.1 Å². The minimum absolute atomic E-state index is 0.00536. The maximum Gasteiger partial charge on any atom is 0.339 e. The molecule has 0 aliphatic rings. The van der Waals surface area contributed by atoms with Gasteiger partial charge >= 0.3 is 5.97 Å². The molecule has 0 spiro atoms. The van der Waals surface area contributed by atoms with Crippen molar-refractivity contribution in [3.05, 3.63) is 89.8 Å². The van der Waals surface area contributed by atoms with Gasteiger partial charge in [0.1, 0.15) is 11.3 Å². The molecule has 2 N–H and O–H groups in total. The lowest BCUT2D eigenvalue weighted by Crippen LogP contribution is -2.20. The Balaban J connectivity index is 1.38. The van der Waals surface area contributed by atoms with Gasteiger partial charge in [-0.1, -0.05) is 66.7 Å². The number of aromatic nitrogens is 1. The van der Waals surface area contributed by atoms with Crippen molar-refractivity contribution in [2.75, 3.05) is 11.9 Å². The second-order valence-electron chi connectivity index (χ2n) is 6.62. The van der Waals surface area contributed by atoms with Crippen molar-refractivity contribution in [2.45, 2.75) is 0 Å². The fourth-order valence-corrected chi connectivity index (χ4v) is 3.73. The molecule has 0 bridgehead atoms. The quantitative estimate of drug-likeness (QED) is 0.421. The fourth-order valence-electron chi connectivity index (χ4n) is 3.00. The normalized spacial score (nSPS) is 10.5. The van der Waals surface area contributed by atoms with Gasteiger partial charge in [-0.15, -0.1) is 11.3 Å². The van der Waals surface area contributed by atoms with E-state index in [1.54, 1.807) is 12.1 Å². The summed E-state index contributed by atoms with van der Waals surface area (Å²) >= 11 is 1.31. The van der Waals surface area contributed by atoms with Gasteiger partial charge in [0.15, 0.2) is 11.7 Å². The van der Waals surface area contributed by atoms with E-state index in [4.69, 9.17) is 4.74 Å². The molecule has 31 heavy (non-hydrogen) atoms. The van der Waals surface area contributed by atoms with E-state index < -0.39 is 11.9 Å². The van der Waals surface area contributed by atoms with E-state index in [0.29, 0.717) is 5.13 Å². The van der Waals surface area contributed by atoms with E-state index >= 15 is 0 Å². The van der Waals surface area contributed by atoms with Crippen LogP contribution in [-0.2, 0) is 4.79 Å². The van der Waals surface area contributed by atoms with Gasteiger partial charge in [0, 0.05) is 10.9 Å². The van der Waals surface area contributed by atoms with Crippen molar-refractivity contribution in [3.8, 4) is 28.1 Å². The first-order valence-electron chi connectivity index (χ1n) is 9.46. The van der Waals surface area contributed by atoms with E-state index in [1.807, 2.05) is 47.8 Å². The zero-order valence-electron chi connectivity index (χ0n) is 16.3. The molecule has 1 aromatic heterocycles. The van der Waals surface area contributed by atoms with Crippen LogP contribution in [0.2, 0.25) is 0 Å². The van der Waals surface area contributed by atoms with E-state index in [0.717, 1.165) is 22.4 Å². The number of nitrogens with zero attached hydrogens (tertiary/aromatic N) is 1. The van der Waals surface area contributed by atoms with Gasteiger partial charge in [0.2, 0.25) is 0 Å². The largest absolute Gasteiger partial charge is 0.483 e. The molecule has 4 aromatic rings. The average molecular weight is 430 g/mol. The van der Waals surface area contributed by atoms with Crippen molar-refractivity contribution < 1.29 is 19.4 Å². The summed E-state index contributed by atoms with van der Waals surface area (Å²) in [5.41, 5.74) is 3.97. The summed E-state index contributed by atoms with van der Waals surface area (Å²) in [5.74, 6) is -1.39. The fraction of sp³-hybridized carbons (Fsp3) is 0.0417. The minimum Gasteiger partial charge on any atom is -0.483 e. The third kappa shape index (κ3) is 4.96. The zero-order chi connectivity index (χ0) is 21.6. The van der Waals surface area contributed by atoms with Crippen LogP contribution in [0.1, 0.15) is 10.4 Å². The van der Waals surface area contributed by atoms with Crippen LogP contribution in [0.25, 0.3) is 22.4 Å². The number of carbonyl (C=O) groups is 2. The van der Waals surface area contributed by atoms with E-state index in [2.05, 4.69) is 22.4 Å². The molecule has 0 fully saturated rings. The van der Waals surface area contributed by atoms with Gasteiger partial charge in [-0.05, 0) is 23.3 Å². The topological polar surface area (TPSA) is 88.5 Å². The number of hydrogen-bond acceptors (Lipinski definition) is 5. The molecule has 0 atom stereocenters. The van der Waals surface area contributed by atoms with Crippen LogP contribution >= 0.6 is 11.3 Å². The Hall–Kier alpha value is -3.97. The highest BCUT2D eigenvalue weighted by molar-refractivity contribution is 7.14. The van der Waals surface area contributed by atoms with E-state index in [1.165, 1.54) is 23.5 Å². The molecule has 7 heteroatoms. The predicted molar refractivity (Wildman–Crippen MR) is 121 cm³/mol. The SMILES string of the molecule is O=C(COc1ccccc1C(=O)O)Nc1nc(-c2ccc(-c3ccccc3)cc2)cs1. The summed E-state index contributed by atoms with van der Waals surface area (Å²) in [6.45, 7) is -0.315. The van der Waals surface area contributed by atoms with Gasteiger partial charge in [0.25, 0.3) is 5.91 Å². The minimum atomic E-state index is -1.11. The summed E-state index contributed by atoms with van der Waals surface area (Å²) in [5, 5.41) is 14.2. The number of hydrogen-bond donors (Lipinski definition) is 2. The molecule has 0 aliphatic heterocycles. The smallest absolute Gasteiger partial charge is 0.339 e. The molecular formula is C24H18N2O4S. The number of carboxylic acids is 1. The van der Waals surface area contributed by atoms with Gasteiger partial charge < -0.3 is 9.84 Å². The molecule has 0 saturated carbocycles. The molecule has 1 heterocycles. The number of benzene rings is 3. The molecule has 3 aromatic carbocycles. The Morgan fingerprint density at radius 3 is 2.26 bits per heavy atom. The molecule has 0 radical (unpaired) electrons. The van der Waals surface area contributed by atoms with Gasteiger partial charge in [-0.2, -0.15) is 0 Å². The maximum absolute atomic E-state index is 12.2. The number of carbonyl (C=O) groups excluding carboxylic acids is 1. The van der Waals surface area contributed by atoms with E-state index in [-0.39, 0.29) is 17.9 Å². The third-order valence-corrected chi connectivity index (χ3v) is 5.27. The number of rotatable bonds is 7. The lowest BCUT2D eigenvalue weighted by Gasteiger charge is -2.08. The molecule has 6 nitrogen and oxygen atoms in total. The molecule has 4 rings (SSSR count). The Morgan fingerprint density at radius 2 is 1.52 bits per heavy atom. The third-order valence-electron chi connectivity index (χ3n) is 4.51. The van der Waals surface area contributed by atoms with Crippen molar-refractivity contribution in [1.29, 1.82) is 0 Å². The summed E-state index contributed by atoms with van der Waals surface area (Å²) < 4.78 is 5.36. The Kier molecular flexibility index (Phi) is 6.05. The van der Waals surface area contributed by atoms with Crippen LogP contribution in [0.4, 0.5) is 5.13 Å². The molecular weight excluding hydrogens is 412 g/mol. The monoisotopic (exact) mass is 430 g/mol. The molecule has 0 aliphatic carbocycles. The molecule has 0 unspecified atom stereocenters. The number of carboxylic acid groups (broad SMARTS) is 1. The van der Waals surface area contributed by atoms with Crippen molar-refractivity contribution >= 4 is 28.3 Å². The van der Waals surface area contributed by atoms with Crippen LogP contribution in [-0.4, -0.2) is 28.6 Å².